The smallest absolute Gasteiger partial charge is 0.337 e. The van der Waals surface area contributed by atoms with Gasteiger partial charge in [0.1, 0.15) is 5.54 Å². The molecule has 0 aliphatic heterocycles. The summed E-state index contributed by atoms with van der Waals surface area (Å²) in [5.74, 6) is -0.792. The summed E-state index contributed by atoms with van der Waals surface area (Å²) < 4.78 is 9.68. The van der Waals surface area contributed by atoms with Crippen molar-refractivity contribution in [2.24, 2.45) is 5.73 Å². The van der Waals surface area contributed by atoms with Crippen LogP contribution >= 0.6 is 0 Å². The van der Waals surface area contributed by atoms with Gasteiger partial charge < -0.3 is 15.2 Å². The van der Waals surface area contributed by atoms with Crippen molar-refractivity contribution >= 4 is 11.9 Å². The quantitative estimate of drug-likeness (QED) is 0.817. The molecule has 0 fully saturated rings. The third-order valence-electron chi connectivity index (χ3n) is 3.32. The van der Waals surface area contributed by atoms with Gasteiger partial charge in [-0.25, -0.2) is 4.79 Å². The highest BCUT2D eigenvalue weighted by molar-refractivity contribution is 5.90. The van der Waals surface area contributed by atoms with Crippen LogP contribution in [-0.4, -0.2) is 31.2 Å². The highest BCUT2D eigenvalue weighted by Crippen LogP contribution is 2.30. The fourth-order valence-corrected chi connectivity index (χ4v) is 2.37. The van der Waals surface area contributed by atoms with E-state index in [9.17, 15) is 9.59 Å². The largest absolute Gasteiger partial charge is 0.465 e. The fourth-order valence-electron chi connectivity index (χ4n) is 2.37. The number of carbonyl (C=O) groups is 2. The summed E-state index contributed by atoms with van der Waals surface area (Å²) in [6.45, 7) is 2.06. The Morgan fingerprint density at radius 3 is 2.63 bits per heavy atom. The van der Waals surface area contributed by atoms with E-state index in [0.717, 1.165) is 11.1 Å². The number of hydrogen-bond donors (Lipinski definition) is 1. The van der Waals surface area contributed by atoms with Gasteiger partial charge in [0.2, 0.25) is 0 Å². The summed E-state index contributed by atoms with van der Waals surface area (Å²) in [6.07, 6.45) is 0.814. The maximum Gasteiger partial charge on any atom is 0.337 e. The molecule has 5 nitrogen and oxygen atoms in total. The molecule has 1 unspecified atom stereocenters. The minimum absolute atomic E-state index is 0.307. The summed E-state index contributed by atoms with van der Waals surface area (Å²) in [5, 5.41) is 0. The Labute approximate surface area is 111 Å². The second kappa shape index (κ2) is 5.01. The normalized spacial score (nSPS) is 20.8. The van der Waals surface area contributed by atoms with Crippen LogP contribution in [0.15, 0.2) is 18.2 Å². The maximum atomic E-state index is 11.9. The number of ether oxygens (including phenoxy) is 2. The van der Waals surface area contributed by atoms with Crippen molar-refractivity contribution in [3.8, 4) is 0 Å². The van der Waals surface area contributed by atoms with E-state index in [2.05, 4.69) is 4.74 Å². The van der Waals surface area contributed by atoms with Gasteiger partial charge in [0.25, 0.3) is 0 Å². The average Bonchev–Trinajstić information content (AvgIpc) is 2.74. The molecule has 2 N–H and O–H groups in total. The first-order valence-corrected chi connectivity index (χ1v) is 6.16. The van der Waals surface area contributed by atoms with Gasteiger partial charge in [0, 0.05) is 12.8 Å². The van der Waals surface area contributed by atoms with E-state index in [-0.39, 0.29) is 0 Å². The monoisotopic (exact) mass is 263 g/mol. The number of esters is 2. The van der Waals surface area contributed by atoms with Gasteiger partial charge in [-0.3, -0.25) is 4.79 Å². The highest BCUT2D eigenvalue weighted by Gasteiger charge is 2.41. The van der Waals surface area contributed by atoms with E-state index in [1.807, 2.05) is 6.07 Å². The summed E-state index contributed by atoms with van der Waals surface area (Å²) in [4.78, 5) is 23.3. The Balaban J connectivity index is 2.25. The molecule has 0 saturated carbocycles. The second-order valence-corrected chi connectivity index (χ2v) is 4.71. The molecule has 0 radical (unpaired) electrons. The molecule has 0 heterocycles. The molecule has 102 valence electrons. The van der Waals surface area contributed by atoms with E-state index in [0.29, 0.717) is 25.0 Å². The van der Waals surface area contributed by atoms with Crippen molar-refractivity contribution < 1.29 is 19.1 Å². The molecule has 0 bridgehead atoms. The third kappa shape index (κ3) is 2.46. The molecule has 5 heteroatoms. The van der Waals surface area contributed by atoms with Crippen molar-refractivity contribution in [3.05, 3.63) is 34.9 Å². The number of methoxy groups -OCH3 is 1. The molecule has 0 saturated heterocycles. The van der Waals surface area contributed by atoms with E-state index >= 15 is 0 Å². The Morgan fingerprint density at radius 1 is 1.32 bits per heavy atom. The molecule has 1 aromatic carbocycles. The summed E-state index contributed by atoms with van der Waals surface area (Å²) in [7, 11) is 1.33. The predicted molar refractivity (Wildman–Crippen MR) is 68.7 cm³/mol. The fraction of sp³-hybridized carbons (Fsp3) is 0.429. The summed E-state index contributed by atoms with van der Waals surface area (Å²) in [5.41, 5.74) is 7.43. The number of carbonyl (C=O) groups excluding carboxylic acids is 2. The zero-order valence-corrected chi connectivity index (χ0v) is 11.1. The number of hydrogen-bond acceptors (Lipinski definition) is 5. The third-order valence-corrected chi connectivity index (χ3v) is 3.32. The first kappa shape index (κ1) is 13.5. The van der Waals surface area contributed by atoms with E-state index in [1.165, 1.54) is 7.11 Å². The van der Waals surface area contributed by atoms with Crippen LogP contribution in [0.3, 0.4) is 0 Å². The Hall–Kier alpha value is -1.88. The number of fused-ring (bicyclic) bond motifs is 1. The first-order valence-electron chi connectivity index (χ1n) is 6.16. The SMILES string of the molecule is CCOC(=O)C1(N)Cc2ccc(C(=O)OC)cc2C1. The standard InChI is InChI=1S/C14H17NO4/c1-3-19-13(17)14(15)7-10-5-4-9(12(16)18-2)6-11(10)8-14/h4-6H,3,7-8,15H2,1-2H3. The molecule has 0 amide bonds. The molecule has 2 rings (SSSR count). The lowest BCUT2D eigenvalue weighted by Gasteiger charge is -2.20. The van der Waals surface area contributed by atoms with Gasteiger partial charge in [0.05, 0.1) is 19.3 Å². The Bertz CT molecular complexity index is 526. The molecule has 1 atom stereocenters. The van der Waals surface area contributed by atoms with E-state index in [4.69, 9.17) is 10.5 Å². The number of rotatable bonds is 3. The van der Waals surface area contributed by atoms with Crippen molar-refractivity contribution in [1.82, 2.24) is 0 Å². The van der Waals surface area contributed by atoms with Crippen molar-refractivity contribution in [1.29, 1.82) is 0 Å². The summed E-state index contributed by atoms with van der Waals surface area (Å²) >= 11 is 0. The van der Waals surface area contributed by atoms with Gasteiger partial charge >= 0.3 is 11.9 Å². The Morgan fingerprint density at radius 2 is 2.00 bits per heavy atom. The zero-order valence-electron chi connectivity index (χ0n) is 11.1. The summed E-state index contributed by atoms with van der Waals surface area (Å²) in [6, 6.07) is 5.23. The van der Waals surface area contributed by atoms with Gasteiger partial charge in [-0.15, -0.1) is 0 Å². The van der Waals surface area contributed by atoms with Gasteiger partial charge in [-0.05, 0) is 30.2 Å². The molecule has 19 heavy (non-hydrogen) atoms. The van der Waals surface area contributed by atoms with Gasteiger partial charge in [0.15, 0.2) is 0 Å². The topological polar surface area (TPSA) is 78.6 Å². The lowest BCUT2D eigenvalue weighted by atomic mass is 9.97. The van der Waals surface area contributed by atoms with Crippen LogP contribution in [0.1, 0.15) is 28.4 Å². The van der Waals surface area contributed by atoms with Crippen LogP contribution in [0.2, 0.25) is 0 Å². The zero-order chi connectivity index (χ0) is 14.0. The molecular formula is C14H17NO4. The lowest BCUT2D eigenvalue weighted by molar-refractivity contribution is -0.149. The molecule has 1 aliphatic carbocycles. The van der Waals surface area contributed by atoms with Crippen molar-refractivity contribution in [2.45, 2.75) is 25.3 Å². The minimum atomic E-state index is -1.02. The van der Waals surface area contributed by atoms with Crippen molar-refractivity contribution in [2.75, 3.05) is 13.7 Å². The average molecular weight is 263 g/mol. The second-order valence-electron chi connectivity index (χ2n) is 4.71. The molecule has 1 aromatic rings. The first-order chi connectivity index (χ1) is 9.00. The van der Waals surface area contributed by atoms with Crippen LogP contribution in [0.25, 0.3) is 0 Å². The molecule has 0 aromatic heterocycles. The van der Waals surface area contributed by atoms with E-state index < -0.39 is 17.5 Å². The maximum absolute atomic E-state index is 11.9. The predicted octanol–water partition coefficient (Wildman–Crippen LogP) is 0.832. The van der Waals surface area contributed by atoms with Crippen LogP contribution in [0.5, 0.6) is 0 Å². The van der Waals surface area contributed by atoms with E-state index in [1.54, 1.807) is 19.1 Å². The van der Waals surface area contributed by atoms with Crippen LogP contribution in [0.4, 0.5) is 0 Å². The Kier molecular flexibility index (Phi) is 3.57. The molecule has 0 spiro atoms. The van der Waals surface area contributed by atoms with Crippen molar-refractivity contribution in [3.63, 3.8) is 0 Å². The molecule has 1 aliphatic rings. The van der Waals surface area contributed by atoms with Gasteiger partial charge in [-0.1, -0.05) is 6.07 Å². The van der Waals surface area contributed by atoms with Crippen LogP contribution < -0.4 is 5.73 Å². The molecular weight excluding hydrogens is 246 g/mol. The highest BCUT2D eigenvalue weighted by atomic mass is 16.5. The number of nitrogens with two attached hydrogens (primary N) is 1. The lowest BCUT2D eigenvalue weighted by Crippen LogP contribution is -2.50. The minimum Gasteiger partial charge on any atom is -0.465 e. The van der Waals surface area contributed by atoms with Crippen LogP contribution in [-0.2, 0) is 27.1 Å². The van der Waals surface area contributed by atoms with Crippen LogP contribution in [0, 0.1) is 0 Å². The number of benzene rings is 1. The van der Waals surface area contributed by atoms with Gasteiger partial charge in [-0.2, -0.15) is 0 Å².